The first-order chi connectivity index (χ1) is 14.9. The van der Waals surface area contributed by atoms with E-state index < -0.39 is 10.0 Å². The quantitative estimate of drug-likeness (QED) is 0.599. The summed E-state index contributed by atoms with van der Waals surface area (Å²) < 4.78 is 32.9. The molecule has 0 bridgehead atoms. The summed E-state index contributed by atoms with van der Waals surface area (Å²) in [7, 11) is -3.50. The third kappa shape index (κ3) is 6.38. The maximum atomic E-state index is 12.8. The van der Waals surface area contributed by atoms with Crippen molar-refractivity contribution in [3.05, 3.63) is 65.7 Å². The van der Waals surface area contributed by atoms with E-state index in [9.17, 15) is 13.2 Å². The van der Waals surface area contributed by atoms with E-state index in [1.54, 1.807) is 24.3 Å². The van der Waals surface area contributed by atoms with Gasteiger partial charge in [0.15, 0.2) is 0 Å². The van der Waals surface area contributed by atoms with E-state index in [0.717, 1.165) is 17.5 Å². The van der Waals surface area contributed by atoms with Crippen LogP contribution in [-0.4, -0.2) is 44.9 Å². The number of hydrogen-bond donors (Lipinski definition) is 1. The lowest BCUT2D eigenvalue weighted by Gasteiger charge is -2.30. The third-order valence-electron chi connectivity index (χ3n) is 5.74. The first kappa shape index (κ1) is 23.4. The molecule has 1 aliphatic heterocycles. The van der Waals surface area contributed by atoms with Crippen LogP contribution in [-0.2, 0) is 19.6 Å². The molecule has 1 saturated heterocycles. The second kappa shape index (κ2) is 10.9. The van der Waals surface area contributed by atoms with E-state index in [1.165, 1.54) is 4.31 Å². The highest BCUT2D eigenvalue weighted by Gasteiger charge is 2.31. The number of amides is 1. The largest absolute Gasteiger partial charge is 0.374 e. The van der Waals surface area contributed by atoms with Crippen LogP contribution >= 0.6 is 0 Å². The smallest absolute Gasteiger partial charge is 0.243 e. The molecule has 3 rings (SSSR count). The fourth-order valence-corrected chi connectivity index (χ4v) is 5.20. The summed E-state index contributed by atoms with van der Waals surface area (Å²) in [5.74, 6) is -0.142. The summed E-state index contributed by atoms with van der Waals surface area (Å²) in [6.07, 6.45) is 1.84. The summed E-state index contributed by atoms with van der Waals surface area (Å²) >= 11 is 0. The van der Waals surface area contributed by atoms with Crippen LogP contribution in [0.15, 0.2) is 59.5 Å². The molecule has 0 radical (unpaired) electrons. The minimum absolute atomic E-state index is 0.00323. The van der Waals surface area contributed by atoms with Crippen LogP contribution in [0, 0.1) is 12.8 Å². The van der Waals surface area contributed by atoms with Gasteiger partial charge in [0, 0.05) is 32.2 Å². The lowest BCUT2D eigenvalue weighted by molar-refractivity contribution is -0.126. The average molecular weight is 445 g/mol. The van der Waals surface area contributed by atoms with Crippen LogP contribution in [0.5, 0.6) is 0 Å². The molecule has 1 fully saturated rings. The molecule has 168 valence electrons. The van der Waals surface area contributed by atoms with Crippen molar-refractivity contribution in [2.24, 2.45) is 5.92 Å². The van der Waals surface area contributed by atoms with Gasteiger partial charge in [0.25, 0.3) is 0 Å². The molecule has 1 amide bonds. The number of nitrogens with one attached hydrogen (secondary N) is 1. The monoisotopic (exact) mass is 444 g/mol. The Bertz CT molecular complexity index is 937. The van der Waals surface area contributed by atoms with Gasteiger partial charge in [-0.1, -0.05) is 48.0 Å². The highest BCUT2D eigenvalue weighted by atomic mass is 32.2. The lowest BCUT2D eigenvalue weighted by atomic mass is 9.97. The molecule has 0 aromatic heterocycles. The number of nitrogens with zero attached hydrogens (tertiary/aromatic N) is 1. The number of aryl methyl sites for hydroxylation is 1. The predicted octanol–water partition coefficient (Wildman–Crippen LogP) is 3.68. The van der Waals surface area contributed by atoms with E-state index in [1.807, 2.05) is 44.2 Å². The zero-order chi connectivity index (χ0) is 22.3. The summed E-state index contributed by atoms with van der Waals surface area (Å²) in [5, 5.41) is 2.97. The van der Waals surface area contributed by atoms with Crippen molar-refractivity contribution in [3.63, 3.8) is 0 Å². The molecule has 2 aromatic carbocycles. The van der Waals surface area contributed by atoms with Gasteiger partial charge in [-0.3, -0.25) is 4.79 Å². The Morgan fingerprint density at radius 3 is 2.39 bits per heavy atom. The Labute approximate surface area is 185 Å². The Morgan fingerprint density at radius 2 is 1.74 bits per heavy atom. The molecule has 1 aliphatic rings. The molecule has 0 spiro atoms. The number of piperidine rings is 1. The van der Waals surface area contributed by atoms with E-state index in [0.29, 0.717) is 44.0 Å². The molecule has 1 N–H and O–H groups in total. The number of hydrogen-bond acceptors (Lipinski definition) is 4. The molecule has 1 atom stereocenters. The van der Waals surface area contributed by atoms with Gasteiger partial charge < -0.3 is 10.1 Å². The van der Waals surface area contributed by atoms with Gasteiger partial charge in [0.05, 0.1) is 11.0 Å². The first-order valence-corrected chi connectivity index (χ1v) is 12.3. The van der Waals surface area contributed by atoms with Gasteiger partial charge in [-0.25, -0.2) is 8.42 Å². The van der Waals surface area contributed by atoms with Crippen LogP contribution in [0.3, 0.4) is 0 Å². The first-order valence-electron chi connectivity index (χ1n) is 10.9. The van der Waals surface area contributed by atoms with Crippen molar-refractivity contribution < 1.29 is 17.9 Å². The maximum absolute atomic E-state index is 12.8. The summed E-state index contributed by atoms with van der Waals surface area (Å²) in [6.45, 7) is 5.81. The van der Waals surface area contributed by atoms with E-state index >= 15 is 0 Å². The molecule has 2 aromatic rings. The summed E-state index contributed by atoms with van der Waals surface area (Å²) in [4.78, 5) is 12.8. The molecule has 6 nitrogen and oxygen atoms in total. The average Bonchev–Trinajstić information content (AvgIpc) is 2.79. The molecule has 7 heteroatoms. The van der Waals surface area contributed by atoms with Gasteiger partial charge in [-0.15, -0.1) is 0 Å². The topological polar surface area (TPSA) is 75.7 Å². The van der Waals surface area contributed by atoms with Gasteiger partial charge in [0.1, 0.15) is 0 Å². The highest BCUT2D eigenvalue weighted by molar-refractivity contribution is 7.89. The van der Waals surface area contributed by atoms with Gasteiger partial charge >= 0.3 is 0 Å². The molecule has 1 heterocycles. The molecule has 0 aliphatic carbocycles. The Hall–Kier alpha value is -2.22. The fraction of sp³-hybridized carbons (Fsp3) is 0.458. The number of carbonyl (C=O) groups excluding carboxylic acids is 1. The second-order valence-electron chi connectivity index (χ2n) is 8.06. The molecule has 1 unspecified atom stereocenters. The number of sulfonamides is 1. The fourth-order valence-electron chi connectivity index (χ4n) is 3.73. The number of carbonyl (C=O) groups is 1. The minimum atomic E-state index is -3.50. The third-order valence-corrected chi connectivity index (χ3v) is 7.65. The zero-order valence-corrected chi connectivity index (χ0v) is 19.1. The van der Waals surface area contributed by atoms with Gasteiger partial charge in [-0.2, -0.15) is 4.31 Å². The molecule has 0 saturated carbocycles. The van der Waals surface area contributed by atoms with E-state index in [-0.39, 0.29) is 17.9 Å². The van der Waals surface area contributed by atoms with Gasteiger partial charge in [0.2, 0.25) is 15.9 Å². The van der Waals surface area contributed by atoms with Crippen LogP contribution in [0.1, 0.15) is 43.4 Å². The lowest BCUT2D eigenvalue weighted by Crippen LogP contribution is -2.43. The Kier molecular flexibility index (Phi) is 8.23. The second-order valence-corrected chi connectivity index (χ2v) is 10.00. The molecular weight excluding hydrogens is 412 g/mol. The van der Waals surface area contributed by atoms with Gasteiger partial charge in [-0.05, 0) is 50.8 Å². The van der Waals surface area contributed by atoms with Crippen LogP contribution in [0.25, 0.3) is 0 Å². The molecule has 31 heavy (non-hydrogen) atoms. The van der Waals surface area contributed by atoms with Crippen molar-refractivity contribution in [2.75, 3.05) is 26.2 Å². The van der Waals surface area contributed by atoms with E-state index in [2.05, 4.69) is 5.32 Å². The van der Waals surface area contributed by atoms with Crippen molar-refractivity contribution >= 4 is 15.9 Å². The maximum Gasteiger partial charge on any atom is 0.243 e. The highest BCUT2D eigenvalue weighted by Crippen LogP contribution is 2.24. The van der Waals surface area contributed by atoms with Crippen LogP contribution in [0.4, 0.5) is 0 Å². The number of benzene rings is 2. The van der Waals surface area contributed by atoms with Crippen LogP contribution in [0.2, 0.25) is 0 Å². The normalized spacial score (nSPS) is 16.7. The van der Waals surface area contributed by atoms with Crippen molar-refractivity contribution in [2.45, 2.75) is 44.1 Å². The minimum Gasteiger partial charge on any atom is -0.374 e. The number of rotatable bonds is 9. The van der Waals surface area contributed by atoms with Crippen molar-refractivity contribution in [1.29, 1.82) is 0 Å². The Morgan fingerprint density at radius 1 is 1.10 bits per heavy atom. The molecular formula is C24H32N2O4S. The summed E-state index contributed by atoms with van der Waals surface area (Å²) in [6, 6.07) is 16.9. The van der Waals surface area contributed by atoms with E-state index in [4.69, 9.17) is 4.74 Å². The standard InChI is InChI=1S/C24H32N2O4S/c1-19-9-11-23(12-10-19)31(28,29)26-16-13-22(14-17-26)24(27)25-15-6-18-30-20(2)21-7-4-3-5-8-21/h3-5,7-12,20,22H,6,13-18H2,1-2H3,(H,25,27). The van der Waals surface area contributed by atoms with Crippen molar-refractivity contribution in [1.82, 2.24) is 9.62 Å². The SMILES string of the molecule is Cc1ccc(S(=O)(=O)N2CCC(C(=O)NCCCOC(C)c3ccccc3)CC2)cc1. The Balaban J connectivity index is 1.37. The predicted molar refractivity (Wildman–Crippen MR) is 121 cm³/mol. The summed E-state index contributed by atoms with van der Waals surface area (Å²) in [5.41, 5.74) is 2.16. The van der Waals surface area contributed by atoms with Crippen molar-refractivity contribution in [3.8, 4) is 0 Å². The zero-order valence-electron chi connectivity index (χ0n) is 18.3. The number of ether oxygens (including phenoxy) is 1. The van der Waals surface area contributed by atoms with Crippen LogP contribution < -0.4 is 5.32 Å².